The predicted molar refractivity (Wildman–Crippen MR) is 96.0 cm³/mol. The Hall–Kier alpha value is -1.35. The molecule has 0 bridgehead atoms. The van der Waals surface area contributed by atoms with Crippen LogP contribution in [0.5, 0.6) is 0 Å². The first-order valence-corrected chi connectivity index (χ1v) is 8.33. The molecular formula is C20H24ClNO. The van der Waals surface area contributed by atoms with Crippen LogP contribution in [0.15, 0.2) is 60.7 Å². The fourth-order valence-electron chi connectivity index (χ4n) is 3.91. The summed E-state index contributed by atoms with van der Waals surface area (Å²) in [5.41, 5.74) is 1.91. The fourth-order valence-corrected chi connectivity index (χ4v) is 3.91. The Morgan fingerprint density at radius 3 is 2.04 bits per heavy atom. The molecular weight excluding hydrogens is 306 g/mol. The molecule has 2 nitrogen and oxygen atoms in total. The van der Waals surface area contributed by atoms with Gasteiger partial charge in [-0.1, -0.05) is 60.7 Å². The van der Waals surface area contributed by atoms with E-state index < -0.39 is 5.60 Å². The molecule has 1 aliphatic heterocycles. The first-order valence-electron chi connectivity index (χ1n) is 8.33. The summed E-state index contributed by atoms with van der Waals surface area (Å²) >= 11 is 0. The molecule has 2 atom stereocenters. The van der Waals surface area contributed by atoms with Crippen LogP contribution in [-0.4, -0.2) is 29.1 Å². The van der Waals surface area contributed by atoms with Crippen molar-refractivity contribution in [3.8, 4) is 0 Å². The Morgan fingerprint density at radius 2 is 1.43 bits per heavy atom. The molecule has 3 heteroatoms. The molecule has 23 heavy (non-hydrogen) atoms. The van der Waals surface area contributed by atoms with Gasteiger partial charge in [0.25, 0.3) is 0 Å². The third kappa shape index (κ3) is 3.30. The van der Waals surface area contributed by atoms with Gasteiger partial charge in [0.2, 0.25) is 0 Å². The number of likely N-dealkylation sites (tertiary alicyclic amines) is 1. The summed E-state index contributed by atoms with van der Waals surface area (Å²) in [6.07, 6.45) is 2.96. The molecule has 4 rings (SSSR count). The molecule has 1 aliphatic carbocycles. The molecule has 0 spiro atoms. The number of nitrogens with zero attached hydrogens (tertiary/aromatic N) is 1. The van der Waals surface area contributed by atoms with Crippen LogP contribution >= 0.6 is 12.4 Å². The lowest BCUT2D eigenvalue weighted by atomic mass is 9.84. The third-order valence-electron chi connectivity index (χ3n) is 5.39. The minimum Gasteiger partial charge on any atom is -0.385 e. The number of rotatable bonds is 3. The first-order chi connectivity index (χ1) is 10.8. The van der Waals surface area contributed by atoms with Crippen molar-refractivity contribution in [2.24, 2.45) is 0 Å². The van der Waals surface area contributed by atoms with Crippen LogP contribution in [-0.2, 0) is 5.60 Å². The summed E-state index contributed by atoms with van der Waals surface area (Å²) in [5.74, 6) is 0.698. The highest BCUT2D eigenvalue weighted by Gasteiger charge is 2.45. The molecule has 0 radical (unpaired) electrons. The second-order valence-electron chi connectivity index (χ2n) is 6.75. The van der Waals surface area contributed by atoms with E-state index >= 15 is 0 Å². The quantitative estimate of drug-likeness (QED) is 0.921. The zero-order valence-electron chi connectivity index (χ0n) is 13.3. The minimum atomic E-state index is -0.630. The number of aliphatic hydroxyl groups is 1. The second-order valence-corrected chi connectivity index (χ2v) is 6.75. The Labute approximate surface area is 144 Å². The standard InChI is InChI=1S/C20H23NO.ClH/c22-20(17-9-5-2-6-10-17)11-13-21(14-12-20)19-15-18(19)16-7-3-1-4-8-16;/h1-10,18-19,22H,11-15H2;1H/t18-,19+;/m0./s1. The number of piperidine rings is 1. The fraction of sp³-hybridized carbons (Fsp3) is 0.400. The largest absolute Gasteiger partial charge is 0.385 e. The maximum Gasteiger partial charge on any atom is 0.0920 e. The Balaban J connectivity index is 0.00000156. The van der Waals surface area contributed by atoms with E-state index in [1.54, 1.807) is 0 Å². The van der Waals surface area contributed by atoms with Gasteiger partial charge < -0.3 is 5.11 Å². The highest BCUT2D eigenvalue weighted by atomic mass is 35.5. The average molecular weight is 330 g/mol. The number of halogens is 1. The molecule has 122 valence electrons. The highest BCUT2D eigenvalue weighted by molar-refractivity contribution is 5.85. The topological polar surface area (TPSA) is 23.5 Å². The SMILES string of the molecule is Cl.OC1(c2ccccc2)CCN([C@@H]2C[C@H]2c2ccccc2)CC1. The van der Waals surface area contributed by atoms with Crippen molar-refractivity contribution in [1.29, 1.82) is 0 Å². The zero-order chi connectivity index (χ0) is 15.0. The molecule has 2 fully saturated rings. The van der Waals surface area contributed by atoms with Gasteiger partial charge >= 0.3 is 0 Å². The number of hydrogen-bond acceptors (Lipinski definition) is 2. The van der Waals surface area contributed by atoms with E-state index in [2.05, 4.69) is 47.4 Å². The lowest BCUT2D eigenvalue weighted by molar-refractivity contribution is -0.0281. The maximum atomic E-state index is 10.9. The van der Waals surface area contributed by atoms with Crippen LogP contribution < -0.4 is 0 Å². The van der Waals surface area contributed by atoms with Gasteiger partial charge in [0, 0.05) is 25.0 Å². The molecule has 1 heterocycles. The summed E-state index contributed by atoms with van der Waals surface area (Å²) < 4.78 is 0. The van der Waals surface area contributed by atoms with Crippen molar-refractivity contribution in [2.75, 3.05) is 13.1 Å². The predicted octanol–water partition coefficient (Wildman–Crippen LogP) is 3.95. The zero-order valence-corrected chi connectivity index (χ0v) is 14.1. The number of benzene rings is 2. The smallest absolute Gasteiger partial charge is 0.0920 e. The Kier molecular flexibility index (Phi) is 4.77. The maximum absolute atomic E-state index is 10.9. The number of hydrogen-bond donors (Lipinski definition) is 1. The van der Waals surface area contributed by atoms with Crippen molar-refractivity contribution >= 4 is 12.4 Å². The van der Waals surface area contributed by atoms with Gasteiger partial charge in [0.1, 0.15) is 0 Å². The molecule has 1 saturated carbocycles. The highest BCUT2D eigenvalue weighted by Crippen LogP contribution is 2.46. The van der Waals surface area contributed by atoms with Crippen molar-refractivity contribution in [1.82, 2.24) is 4.90 Å². The monoisotopic (exact) mass is 329 g/mol. The third-order valence-corrected chi connectivity index (χ3v) is 5.39. The Morgan fingerprint density at radius 1 is 0.870 bits per heavy atom. The van der Waals surface area contributed by atoms with E-state index in [-0.39, 0.29) is 12.4 Å². The first kappa shape index (κ1) is 16.5. The van der Waals surface area contributed by atoms with E-state index in [4.69, 9.17) is 0 Å². The Bertz CT molecular complexity index is 623. The van der Waals surface area contributed by atoms with Crippen molar-refractivity contribution in [2.45, 2.75) is 36.8 Å². The molecule has 2 aromatic carbocycles. The lowest BCUT2D eigenvalue weighted by Crippen LogP contribution is -2.43. The molecule has 2 aromatic rings. The molecule has 1 N–H and O–H groups in total. The summed E-state index contributed by atoms with van der Waals surface area (Å²) in [4.78, 5) is 2.58. The molecule has 2 aliphatic rings. The summed E-state index contributed by atoms with van der Waals surface area (Å²) in [6, 6.07) is 21.7. The summed E-state index contributed by atoms with van der Waals surface area (Å²) in [5, 5.41) is 10.9. The van der Waals surface area contributed by atoms with E-state index in [0.29, 0.717) is 12.0 Å². The van der Waals surface area contributed by atoms with E-state index in [0.717, 1.165) is 31.5 Å². The van der Waals surface area contributed by atoms with Gasteiger partial charge in [0.15, 0.2) is 0 Å². The van der Waals surface area contributed by atoms with E-state index in [1.807, 2.05) is 18.2 Å². The van der Waals surface area contributed by atoms with E-state index in [9.17, 15) is 5.11 Å². The van der Waals surface area contributed by atoms with Crippen LogP contribution in [0, 0.1) is 0 Å². The van der Waals surface area contributed by atoms with Crippen LogP contribution in [0.3, 0.4) is 0 Å². The van der Waals surface area contributed by atoms with Crippen molar-refractivity contribution in [3.63, 3.8) is 0 Å². The van der Waals surface area contributed by atoms with Gasteiger partial charge in [-0.3, -0.25) is 4.90 Å². The van der Waals surface area contributed by atoms with Crippen LogP contribution in [0.4, 0.5) is 0 Å². The van der Waals surface area contributed by atoms with Crippen molar-refractivity contribution < 1.29 is 5.11 Å². The molecule has 0 amide bonds. The molecule has 1 saturated heterocycles. The van der Waals surface area contributed by atoms with Crippen molar-refractivity contribution in [3.05, 3.63) is 71.8 Å². The van der Waals surface area contributed by atoms with Gasteiger partial charge in [-0.2, -0.15) is 0 Å². The molecule has 0 aromatic heterocycles. The second kappa shape index (κ2) is 6.64. The van der Waals surface area contributed by atoms with Gasteiger partial charge in [-0.25, -0.2) is 0 Å². The van der Waals surface area contributed by atoms with Crippen LogP contribution in [0.2, 0.25) is 0 Å². The normalized spacial score (nSPS) is 26.3. The van der Waals surface area contributed by atoms with Crippen LogP contribution in [0.25, 0.3) is 0 Å². The van der Waals surface area contributed by atoms with E-state index in [1.165, 1.54) is 12.0 Å². The molecule has 0 unspecified atom stereocenters. The van der Waals surface area contributed by atoms with Gasteiger partial charge in [-0.15, -0.1) is 12.4 Å². The summed E-state index contributed by atoms with van der Waals surface area (Å²) in [6.45, 7) is 2.00. The minimum absolute atomic E-state index is 0. The average Bonchev–Trinajstić information content (AvgIpc) is 3.38. The van der Waals surface area contributed by atoms with Gasteiger partial charge in [-0.05, 0) is 30.4 Å². The lowest BCUT2D eigenvalue weighted by Gasteiger charge is -2.39. The van der Waals surface area contributed by atoms with Crippen LogP contribution in [0.1, 0.15) is 36.3 Å². The van der Waals surface area contributed by atoms with Gasteiger partial charge in [0.05, 0.1) is 5.60 Å². The summed E-state index contributed by atoms with van der Waals surface area (Å²) in [7, 11) is 0.